The van der Waals surface area contributed by atoms with Crippen molar-refractivity contribution < 1.29 is 8.98 Å². The van der Waals surface area contributed by atoms with Crippen molar-refractivity contribution in [3.05, 3.63) is 36.5 Å². The maximum atomic E-state index is 11.4. The van der Waals surface area contributed by atoms with Crippen LogP contribution in [-0.2, 0) is 8.98 Å². The Balaban J connectivity index is 3.59. The summed E-state index contributed by atoms with van der Waals surface area (Å²) in [6, 6.07) is 0. The number of hydrogen-bond donors (Lipinski definition) is 0. The Hall–Kier alpha value is -0.960. The van der Waals surface area contributed by atoms with Gasteiger partial charge in [-0.2, -0.15) is 0 Å². The van der Waals surface area contributed by atoms with E-state index in [1.54, 1.807) is 6.08 Å². The van der Waals surface area contributed by atoms with E-state index in [0.717, 1.165) is 37.9 Å². The van der Waals surface area contributed by atoms with Crippen LogP contribution in [0.1, 0.15) is 52.4 Å². The van der Waals surface area contributed by atoms with Crippen molar-refractivity contribution >= 4 is 18.0 Å². The Morgan fingerprint density at radius 2 is 2.00 bits per heavy atom. The zero-order chi connectivity index (χ0) is 14.3. The second kappa shape index (κ2) is 13.5. The highest BCUT2D eigenvalue weighted by molar-refractivity contribution is 7.95. The lowest BCUT2D eigenvalue weighted by atomic mass is 10.1. The lowest BCUT2D eigenvalue weighted by Gasteiger charge is -2.03. The van der Waals surface area contributed by atoms with Crippen LogP contribution in [0, 0.1) is 0 Å². The smallest absolute Gasteiger partial charge is 0.317 e. The fourth-order valence-corrected chi connectivity index (χ4v) is 2.17. The van der Waals surface area contributed by atoms with Gasteiger partial charge < -0.3 is 4.18 Å². The van der Waals surface area contributed by atoms with E-state index in [1.165, 1.54) is 17.6 Å². The second-order valence-electron chi connectivity index (χ2n) is 4.30. The summed E-state index contributed by atoms with van der Waals surface area (Å²) in [5.74, 6) is 0.807. The van der Waals surface area contributed by atoms with Gasteiger partial charge in [0.15, 0.2) is 0 Å². The first kappa shape index (κ1) is 18.0. The molecule has 19 heavy (non-hydrogen) atoms. The normalized spacial score (nSPS) is 11.8. The molecule has 0 atom stereocenters. The standard InChI is InChI=1S/C16H26O2S/c1-4-7-11-15(6-3)12-9-10-13-16(17)18-19-14-8-5-2/h4,6-7,11H,1,5,8-10,12-14H2,2-3H3/b11-7-,15-6+. The van der Waals surface area contributed by atoms with E-state index >= 15 is 0 Å². The quantitative estimate of drug-likeness (QED) is 0.295. The van der Waals surface area contributed by atoms with Crippen LogP contribution < -0.4 is 0 Å². The minimum absolute atomic E-state index is 0.0928. The molecule has 0 aliphatic carbocycles. The molecule has 108 valence electrons. The van der Waals surface area contributed by atoms with E-state index in [2.05, 4.69) is 25.7 Å². The molecule has 0 saturated carbocycles. The molecule has 0 N–H and O–H groups in total. The van der Waals surface area contributed by atoms with Crippen molar-refractivity contribution in [1.29, 1.82) is 0 Å². The van der Waals surface area contributed by atoms with Crippen molar-refractivity contribution in [3.63, 3.8) is 0 Å². The molecule has 0 aliphatic heterocycles. The van der Waals surface area contributed by atoms with E-state index in [4.69, 9.17) is 4.18 Å². The number of carbonyl (C=O) groups is 1. The number of unbranched alkanes of at least 4 members (excludes halogenated alkanes) is 2. The van der Waals surface area contributed by atoms with Crippen molar-refractivity contribution in [3.8, 4) is 0 Å². The molecule has 0 aliphatic rings. The second-order valence-corrected chi connectivity index (χ2v) is 5.11. The average molecular weight is 282 g/mol. The van der Waals surface area contributed by atoms with E-state index in [9.17, 15) is 4.79 Å². The van der Waals surface area contributed by atoms with Crippen LogP contribution in [-0.4, -0.2) is 11.7 Å². The molecule has 0 amide bonds. The van der Waals surface area contributed by atoms with E-state index < -0.39 is 0 Å². The third-order valence-electron chi connectivity index (χ3n) is 2.65. The fraction of sp³-hybridized carbons (Fsp3) is 0.562. The predicted molar refractivity (Wildman–Crippen MR) is 85.0 cm³/mol. The minimum atomic E-state index is -0.0928. The van der Waals surface area contributed by atoms with Crippen LogP contribution in [0.3, 0.4) is 0 Å². The number of hydrogen-bond acceptors (Lipinski definition) is 3. The molecule has 0 aromatic rings. The first-order valence-electron chi connectivity index (χ1n) is 7.01. The lowest BCUT2D eigenvalue weighted by molar-refractivity contribution is -0.133. The maximum Gasteiger partial charge on any atom is 0.317 e. The zero-order valence-corrected chi connectivity index (χ0v) is 13.0. The number of rotatable bonds is 11. The van der Waals surface area contributed by atoms with Crippen molar-refractivity contribution in [1.82, 2.24) is 0 Å². The largest absolute Gasteiger partial charge is 0.391 e. The fourth-order valence-electron chi connectivity index (χ4n) is 1.47. The van der Waals surface area contributed by atoms with Gasteiger partial charge in [-0.15, -0.1) is 0 Å². The summed E-state index contributed by atoms with van der Waals surface area (Å²) in [5, 5.41) is 0. The molecule has 0 rings (SSSR count). The third kappa shape index (κ3) is 11.8. The summed E-state index contributed by atoms with van der Waals surface area (Å²) in [5.41, 5.74) is 1.28. The topological polar surface area (TPSA) is 26.3 Å². The molecule has 3 heteroatoms. The molecular weight excluding hydrogens is 256 g/mol. The summed E-state index contributed by atoms with van der Waals surface area (Å²) in [4.78, 5) is 11.4. The molecule has 0 fully saturated rings. The molecule has 0 heterocycles. The number of carbonyl (C=O) groups excluding carboxylic acids is 1. The van der Waals surface area contributed by atoms with Gasteiger partial charge in [-0.3, -0.25) is 4.79 Å². The minimum Gasteiger partial charge on any atom is -0.391 e. The number of allylic oxidation sites excluding steroid dienone is 5. The van der Waals surface area contributed by atoms with E-state index in [0.29, 0.717) is 6.42 Å². The molecule has 0 bridgehead atoms. The van der Waals surface area contributed by atoms with E-state index in [-0.39, 0.29) is 5.97 Å². The Labute approximate surface area is 122 Å². The van der Waals surface area contributed by atoms with Gasteiger partial charge in [0.05, 0.1) is 12.0 Å². The first-order valence-corrected chi connectivity index (χ1v) is 7.92. The molecule has 0 saturated heterocycles. The summed E-state index contributed by atoms with van der Waals surface area (Å²) < 4.78 is 5.08. The van der Waals surface area contributed by atoms with Crippen LogP contribution in [0.4, 0.5) is 0 Å². The van der Waals surface area contributed by atoms with Gasteiger partial charge in [0.25, 0.3) is 0 Å². The Kier molecular flexibility index (Phi) is 12.8. The van der Waals surface area contributed by atoms with Crippen molar-refractivity contribution in [2.75, 3.05) is 5.75 Å². The van der Waals surface area contributed by atoms with Gasteiger partial charge in [-0.1, -0.05) is 49.8 Å². The highest BCUT2D eigenvalue weighted by Crippen LogP contribution is 2.13. The van der Waals surface area contributed by atoms with Gasteiger partial charge >= 0.3 is 5.97 Å². The zero-order valence-electron chi connectivity index (χ0n) is 12.2. The monoisotopic (exact) mass is 282 g/mol. The Morgan fingerprint density at radius 3 is 2.63 bits per heavy atom. The summed E-state index contributed by atoms with van der Waals surface area (Å²) in [7, 11) is 0. The SMILES string of the molecule is C=C/C=C\C(=C/C)CCCCC(=O)OSCCCC. The molecule has 0 aromatic heterocycles. The molecule has 0 unspecified atom stereocenters. The molecular formula is C16H26O2S. The lowest BCUT2D eigenvalue weighted by Crippen LogP contribution is -1.99. The summed E-state index contributed by atoms with van der Waals surface area (Å²) in [6.45, 7) is 7.81. The molecule has 0 aromatic carbocycles. The van der Waals surface area contributed by atoms with Gasteiger partial charge in [0.2, 0.25) is 0 Å². The van der Waals surface area contributed by atoms with Crippen LogP contribution in [0.5, 0.6) is 0 Å². The van der Waals surface area contributed by atoms with Crippen LogP contribution >= 0.6 is 12.0 Å². The van der Waals surface area contributed by atoms with Gasteiger partial charge in [-0.05, 0) is 32.6 Å². The van der Waals surface area contributed by atoms with Crippen LogP contribution in [0.2, 0.25) is 0 Å². The highest BCUT2D eigenvalue weighted by atomic mass is 32.2. The van der Waals surface area contributed by atoms with E-state index in [1.807, 2.05) is 13.0 Å². The van der Waals surface area contributed by atoms with Crippen molar-refractivity contribution in [2.24, 2.45) is 0 Å². The van der Waals surface area contributed by atoms with Crippen molar-refractivity contribution in [2.45, 2.75) is 52.4 Å². The highest BCUT2D eigenvalue weighted by Gasteiger charge is 2.03. The molecule has 0 spiro atoms. The predicted octanol–water partition coefficient (Wildman–Crippen LogP) is 5.23. The summed E-state index contributed by atoms with van der Waals surface area (Å²) >= 11 is 1.28. The maximum absolute atomic E-state index is 11.4. The van der Waals surface area contributed by atoms with Crippen LogP contribution in [0.25, 0.3) is 0 Å². The molecule has 2 nitrogen and oxygen atoms in total. The third-order valence-corrected chi connectivity index (χ3v) is 3.41. The average Bonchev–Trinajstić information content (AvgIpc) is 2.43. The Bertz CT molecular complexity index is 306. The van der Waals surface area contributed by atoms with Gasteiger partial charge in [-0.25, -0.2) is 0 Å². The van der Waals surface area contributed by atoms with Gasteiger partial charge in [0, 0.05) is 12.2 Å². The Morgan fingerprint density at radius 1 is 1.26 bits per heavy atom. The summed E-state index contributed by atoms with van der Waals surface area (Å²) in [6.07, 6.45) is 13.5. The molecule has 0 radical (unpaired) electrons. The van der Waals surface area contributed by atoms with Crippen LogP contribution in [0.15, 0.2) is 36.5 Å². The van der Waals surface area contributed by atoms with Gasteiger partial charge in [0.1, 0.15) is 0 Å². The first-order chi connectivity index (χ1) is 9.24.